The van der Waals surface area contributed by atoms with Crippen LogP contribution in [0.5, 0.6) is 0 Å². The zero-order valence-corrected chi connectivity index (χ0v) is 16.1. The van der Waals surface area contributed by atoms with E-state index >= 15 is 0 Å². The molecule has 2 N–H and O–H groups in total. The highest BCUT2D eigenvalue weighted by molar-refractivity contribution is 6.39. The van der Waals surface area contributed by atoms with Crippen molar-refractivity contribution in [2.24, 2.45) is 5.10 Å². The Kier molecular flexibility index (Phi) is 5.91. The van der Waals surface area contributed by atoms with Gasteiger partial charge in [0, 0.05) is 16.3 Å². The highest BCUT2D eigenvalue weighted by Gasteiger charge is 2.13. The van der Waals surface area contributed by atoms with Crippen molar-refractivity contribution in [3.63, 3.8) is 0 Å². The van der Waals surface area contributed by atoms with Crippen molar-refractivity contribution in [1.82, 2.24) is 5.43 Å². The third kappa shape index (κ3) is 4.86. The van der Waals surface area contributed by atoms with E-state index in [1.165, 1.54) is 6.21 Å². The standard InChI is InChI=1S/C21H18ClN3O3/c1-13-6-7-17(10-14(13)2)24-20(26)21(27)25-23-12-18-8-9-19(28-18)15-4-3-5-16(22)11-15/h3-12H,1-2H3,(H,24,26)(H,25,27)/b23-12+. The third-order valence-electron chi connectivity index (χ3n) is 4.06. The number of rotatable bonds is 4. The van der Waals surface area contributed by atoms with Crippen molar-refractivity contribution in [2.75, 3.05) is 5.32 Å². The maximum Gasteiger partial charge on any atom is 0.329 e. The number of aryl methyl sites for hydroxylation is 2. The average Bonchev–Trinajstić information content (AvgIpc) is 3.13. The van der Waals surface area contributed by atoms with E-state index in [9.17, 15) is 9.59 Å². The second-order valence-corrected chi connectivity index (χ2v) is 6.60. The molecule has 0 aliphatic rings. The van der Waals surface area contributed by atoms with Crippen LogP contribution < -0.4 is 10.7 Å². The summed E-state index contributed by atoms with van der Waals surface area (Å²) >= 11 is 5.97. The van der Waals surface area contributed by atoms with Gasteiger partial charge in [-0.25, -0.2) is 5.43 Å². The van der Waals surface area contributed by atoms with Crippen LogP contribution in [0.2, 0.25) is 5.02 Å². The molecular weight excluding hydrogens is 378 g/mol. The Morgan fingerprint density at radius 3 is 2.57 bits per heavy atom. The summed E-state index contributed by atoms with van der Waals surface area (Å²) in [6.07, 6.45) is 1.31. The molecule has 0 fully saturated rings. The van der Waals surface area contributed by atoms with E-state index in [0.717, 1.165) is 16.7 Å². The van der Waals surface area contributed by atoms with Crippen LogP contribution in [0.15, 0.2) is 64.1 Å². The van der Waals surface area contributed by atoms with E-state index in [1.807, 2.05) is 32.0 Å². The molecule has 1 aromatic heterocycles. The minimum atomic E-state index is -0.879. The third-order valence-corrected chi connectivity index (χ3v) is 4.30. The molecule has 0 aliphatic carbocycles. The number of halogens is 1. The fourth-order valence-corrected chi connectivity index (χ4v) is 2.62. The molecule has 3 aromatic rings. The van der Waals surface area contributed by atoms with Crippen molar-refractivity contribution in [3.8, 4) is 11.3 Å². The molecule has 0 aliphatic heterocycles. The number of carbonyl (C=O) groups is 2. The molecule has 142 valence electrons. The van der Waals surface area contributed by atoms with E-state index in [4.69, 9.17) is 16.0 Å². The van der Waals surface area contributed by atoms with Crippen molar-refractivity contribution in [1.29, 1.82) is 0 Å². The van der Waals surface area contributed by atoms with Gasteiger partial charge in [-0.1, -0.05) is 29.8 Å². The molecule has 0 bridgehead atoms. The van der Waals surface area contributed by atoms with Gasteiger partial charge in [0.2, 0.25) is 0 Å². The smallest absolute Gasteiger partial charge is 0.329 e. The largest absolute Gasteiger partial charge is 0.455 e. The van der Waals surface area contributed by atoms with Gasteiger partial charge >= 0.3 is 11.8 Å². The predicted molar refractivity (Wildman–Crippen MR) is 109 cm³/mol. The SMILES string of the molecule is Cc1ccc(NC(=O)C(=O)N/N=C/c2ccc(-c3cccc(Cl)c3)o2)cc1C. The second-order valence-electron chi connectivity index (χ2n) is 6.16. The van der Waals surface area contributed by atoms with Gasteiger partial charge in [-0.2, -0.15) is 5.10 Å². The lowest BCUT2D eigenvalue weighted by molar-refractivity contribution is -0.136. The molecule has 2 aromatic carbocycles. The molecule has 0 saturated heterocycles. The van der Waals surface area contributed by atoms with E-state index in [2.05, 4.69) is 15.8 Å². The fraction of sp³-hybridized carbons (Fsp3) is 0.0952. The Labute approximate surface area is 167 Å². The number of nitrogens with one attached hydrogen (secondary N) is 2. The number of anilines is 1. The van der Waals surface area contributed by atoms with Crippen LogP contribution in [0.1, 0.15) is 16.9 Å². The zero-order chi connectivity index (χ0) is 20.1. The first kappa shape index (κ1) is 19.4. The number of nitrogens with zero attached hydrogens (tertiary/aromatic N) is 1. The maximum atomic E-state index is 11.9. The molecule has 3 rings (SSSR count). The molecule has 0 saturated carbocycles. The topological polar surface area (TPSA) is 83.7 Å². The number of benzene rings is 2. The second kappa shape index (κ2) is 8.54. The van der Waals surface area contributed by atoms with Crippen LogP contribution >= 0.6 is 11.6 Å². The van der Waals surface area contributed by atoms with Crippen LogP contribution in [-0.4, -0.2) is 18.0 Å². The Morgan fingerprint density at radius 1 is 1.00 bits per heavy atom. The number of furan rings is 1. The number of carbonyl (C=O) groups excluding carboxylic acids is 2. The summed E-state index contributed by atoms with van der Waals surface area (Å²) in [4.78, 5) is 23.8. The summed E-state index contributed by atoms with van der Waals surface area (Å²) in [5.74, 6) is -0.650. The molecule has 0 radical (unpaired) electrons. The molecule has 1 heterocycles. The summed E-state index contributed by atoms with van der Waals surface area (Å²) in [5.41, 5.74) is 5.66. The molecule has 7 heteroatoms. The lowest BCUT2D eigenvalue weighted by Gasteiger charge is -2.06. The van der Waals surface area contributed by atoms with Crippen LogP contribution in [0.4, 0.5) is 5.69 Å². The van der Waals surface area contributed by atoms with E-state index in [-0.39, 0.29) is 0 Å². The zero-order valence-electron chi connectivity index (χ0n) is 15.3. The molecule has 2 amide bonds. The summed E-state index contributed by atoms with van der Waals surface area (Å²) in [6, 6.07) is 16.1. The van der Waals surface area contributed by atoms with Gasteiger partial charge in [-0.3, -0.25) is 9.59 Å². The Balaban J connectivity index is 1.57. The van der Waals surface area contributed by atoms with Crippen molar-refractivity contribution >= 4 is 35.3 Å². The average molecular weight is 396 g/mol. The van der Waals surface area contributed by atoms with E-state index in [0.29, 0.717) is 22.2 Å². The molecular formula is C21H18ClN3O3. The van der Waals surface area contributed by atoms with Crippen LogP contribution in [0.3, 0.4) is 0 Å². The summed E-state index contributed by atoms with van der Waals surface area (Å²) in [5, 5.41) is 6.89. The van der Waals surface area contributed by atoms with Gasteiger partial charge in [-0.15, -0.1) is 0 Å². The first-order valence-corrected chi connectivity index (χ1v) is 8.87. The molecule has 0 atom stereocenters. The monoisotopic (exact) mass is 395 g/mol. The van der Waals surface area contributed by atoms with Crippen molar-refractivity contribution in [2.45, 2.75) is 13.8 Å². The van der Waals surface area contributed by atoms with Gasteiger partial charge in [0.05, 0.1) is 6.21 Å². The van der Waals surface area contributed by atoms with Crippen LogP contribution in [0, 0.1) is 13.8 Å². The summed E-state index contributed by atoms with van der Waals surface area (Å²) < 4.78 is 5.63. The predicted octanol–water partition coefficient (Wildman–Crippen LogP) is 4.31. The lowest BCUT2D eigenvalue weighted by atomic mass is 10.1. The first-order valence-electron chi connectivity index (χ1n) is 8.50. The van der Waals surface area contributed by atoms with Gasteiger partial charge in [0.25, 0.3) is 0 Å². The highest BCUT2D eigenvalue weighted by Crippen LogP contribution is 2.24. The lowest BCUT2D eigenvalue weighted by Crippen LogP contribution is -2.32. The Hall–Kier alpha value is -3.38. The first-order chi connectivity index (χ1) is 13.4. The molecule has 6 nitrogen and oxygen atoms in total. The number of hydrazone groups is 1. The highest BCUT2D eigenvalue weighted by atomic mass is 35.5. The molecule has 28 heavy (non-hydrogen) atoms. The Bertz CT molecular complexity index is 1060. The number of hydrogen-bond acceptors (Lipinski definition) is 4. The normalized spacial score (nSPS) is 10.8. The number of amides is 2. The van der Waals surface area contributed by atoms with Gasteiger partial charge in [0.1, 0.15) is 11.5 Å². The summed E-state index contributed by atoms with van der Waals surface area (Å²) in [6.45, 7) is 3.89. The molecule has 0 unspecified atom stereocenters. The maximum absolute atomic E-state index is 11.9. The number of hydrogen-bond donors (Lipinski definition) is 2. The van der Waals surface area contributed by atoms with Gasteiger partial charge in [0.15, 0.2) is 0 Å². The van der Waals surface area contributed by atoms with Crippen molar-refractivity contribution < 1.29 is 14.0 Å². The van der Waals surface area contributed by atoms with E-state index in [1.54, 1.807) is 36.4 Å². The molecule has 0 spiro atoms. The summed E-state index contributed by atoms with van der Waals surface area (Å²) in [7, 11) is 0. The van der Waals surface area contributed by atoms with Crippen LogP contribution in [0.25, 0.3) is 11.3 Å². The minimum Gasteiger partial charge on any atom is -0.455 e. The van der Waals surface area contributed by atoms with Crippen molar-refractivity contribution in [3.05, 3.63) is 76.5 Å². The quantitative estimate of drug-likeness (QED) is 0.392. The van der Waals surface area contributed by atoms with E-state index < -0.39 is 11.8 Å². The van der Waals surface area contributed by atoms with Gasteiger partial charge < -0.3 is 9.73 Å². The minimum absolute atomic E-state index is 0.421. The van der Waals surface area contributed by atoms with Gasteiger partial charge in [-0.05, 0) is 61.4 Å². The fourth-order valence-electron chi connectivity index (χ4n) is 2.43. The van der Waals surface area contributed by atoms with Crippen LogP contribution in [-0.2, 0) is 9.59 Å². The Morgan fingerprint density at radius 2 is 1.82 bits per heavy atom.